The van der Waals surface area contributed by atoms with Gasteiger partial charge in [0, 0.05) is 13.0 Å². The van der Waals surface area contributed by atoms with E-state index in [0.29, 0.717) is 6.42 Å². The van der Waals surface area contributed by atoms with Crippen LogP contribution in [-0.4, -0.2) is 28.4 Å². The third-order valence-corrected chi connectivity index (χ3v) is 3.54. The number of nitrogens with zero attached hydrogens (tertiary/aromatic N) is 1. The molecule has 0 aliphatic heterocycles. The van der Waals surface area contributed by atoms with Crippen LogP contribution >= 0.6 is 0 Å². The van der Waals surface area contributed by atoms with Gasteiger partial charge in [-0.25, -0.2) is 0 Å². The Morgan fingerprint density at radius 2 is 1.67 bits per heavy atom. The Labute approximate surface area is 126 Å². The zero-order valence-electron chi connectivity index (χ0n) is 13.2. The Bertz CT molecular complexity index is 470. The minimum absolute atomic E-state index is 0.00875. The summed E-state index contributed by atoms with van der Waals surface area (Å²) in [7, 11) is 0. The number of hydrogen-bond donors (Lipinski definition) is 1. The molecule has 21 heavy (non-hydrogen) atoms. The van der Waals surface area contributed by atoms with E-state index in [1.807, 2.05) is 51.1 Å². The smallest absolute Gasteiger partial charge is 0.308 e. The Hall–Kier alpha value is -1.84. The van der Waals surface area contributed by atoms with Crippen LogP contribution in [0.3, 0.4) is 0 Å². The fourth-order valence-corrected chi connectivity index (χ4v) is 2.23. The monoisotopic (exact) mass is 291 g/mol. The van der Waals surface area contributed by atoms with Crippen molar-refractivity contribution < 1.29 is 14.7 Å². The maximum Gasteiger partial charge on any atom is 0.308 e. The summed E-state index contributed by atoms with van der Waals surface area (Å²) in [6, 6.07) is 9.59. The summed E-state index contributed by atoms with van der Waals surface area (Å²) in [5, 5.41) is 9.11. The highest BCUT2D eigenvalue weighted by molar-refractivity contribution is 5.78. The molecule has 0 aliphatic rings. The summed E-state index contributed by atoms with van der Waals surface area (Å²) in [5.41, 5.74) is 1.02. The van der Waals surface area contributed by atoms with Crippen LogP contribution in [0.1, 0.15) is 45.7 Å². The van der Waals surface area contributed by atoms with Gasteiger partial charge in [-0.05, 0) is 18.4 Å². The fraction of sp³-hybridized carbons (Fsp3) is 0.529. The lowest BCUT2D eigenvalue weighted by molar-refractivity contribution is -0.144. The van der Waals surface area contributed by atoms with Crippen LogP contribution < -0.4 is 0 Å². The predicted molar refractivity (Wildman–Crippen MR) is 82.8 cm³/mol. The van der Waals surface area contributed by atoms with Crippen LogP contribution in [0.15, 0.2) is 30.3 Å². The minimum Gasteiger partial charge on any atom is -0.481 e. The lowest BCUT2D eigenvalue weighted by Crippen LogP contribution is -2.39. The van der Waals surface area contributed by atoms with Gasteiger partial charge in [-0.15, -0.1) is 0 Å². The van der Waals surface area contributed by atoms with Gasteiger partial charge in [0.15, 0.2) is 0 Å². The molecule has 1 aromatic carbocycles. The topological polar surface area (TPSA) is 57.6 Å². The highest BCUT2D eigenvalue weighted by Gasteiger charge is 2.26. The molecule has 1 rings (SSSR count). The van der Waals surface area contributed by atoms with Crippen molar-refractivity contribution in [2.45, 2.75) is 40.2 Å². The molecular weight excluding hydrogens is 266 g/mol. The van der Waals surface area contributed by atoms with Crippen molar-refractivity contribution in [3.63, 3.8) is 0 Å². The number of benzene rings is 1. The first kappa shape index (κ1) is 17.2. The lowest BCUT2D eigenvalue weighted by Gasteiger charge is -2.31. The SMILES string of the molecule is CC(C)CC(=O)N(CC(C)C(=O)O)C(C)c1ccccc1. The number of carboxylic acids is 1. The van der Waals surface area contributed by atoms with E-state index in [9.17, 15) is 9.59 Å². The second-order valence-electron chi connectivity index (χ2n) is 5.97. The van der Waals surface area contributed by atoms with Gasteiger partial charge in [-0.1, -0.05) is 51.1 Å². The van der Waals surface area contributed by atoms with Gasteiger partial charge in [0.05, 0.1) is 12.0 Å². The van der Waals surface area contributed by atoms with Crippen LogP contribution in [0.4, 0.5) is 0 Å². The van der Waals surface area contributed by atoms with Crippen LogP contribution in [-0.2, 0) is 9.59 Å². The van der Waals surface area contributed by atoms with Crippen molar-refractivity contribution in [3.8, 4) is 0 Å². The molecule has 0 saturated carbocycles. The molecular formula is C17H25NO3. The van der Waals surface area contributed by atoms with Gasteiger partial charge in [-0.2, -0.15) is 0 Å². The van der Waals surface area contributed by atoms with Gasteiger partial charge in [0.2, 0.25) is 5.91 Å². The molecule has 2 unspecified atom stereocenters. The quantitative estimate of drug-likeness (QED) is 0.838. The van der Waals surface area contributed by atoms with E-state index in [4.69, 9.17) is 5.11 Å². The molecule has 4 heteroatoms. The Kier molecular flexibility index (Phi) is 6.40. The van der Waals surface area contributed by atoms with E-state index in [-0.39, 0.29) is 24.4 Å². The van der Waals surface area contributed by atoms with E-state index in [0.717, 1.165) is 5.56 Å². The van der Waals surface area contributed by atoms with E-state index < -0.39 is 11.9 Å². The molecule has 0 bridgehead atoms. The third kappa shape index (κ3) is 5.21. The summed E-state index contributed by atoms with van der Waals surface area (Å²) in [4.78, 5) is 25.2. The van der Waals surface area contributed by atoms with Crippen molar-refractivity contribution >= 4 is 11.9 Å². The van der Waals surface area contributed by atoms with Crippen LogP contribution in [0.5, 0.6) is 0 Å². The molecule has 0 heterocycles. The first-order valence-electron chi connectivity index (χ1n) is 7.40. The standard InChI is InChI=1S/C17H25NO3/c1-12(2)10-16(19)18(11-13(3)17(20)21)14(4)15-8-6-5-7-9-15/h5-9,12-14H,10-11H2,1-4H3,(H,20,21). The number of aliphatic carboxylic acids is 1. The molecule has 2 atom stereocenters. The second-order valence-corrected chi connectivity index (χ2v) is 5.97. The molecule has 116 valence electrons. The van der Waals surface area contributed by atoms with E-state index in [1.165, 1.54) is 0 Å². The third-order valence-electron chi connectivity index (χ3n) is 3.54. The fourth-order valence-electron chi connectivity index (χ4n) is 2.23. The Morgan fingerprint density at radius 1 is 1.10 bits per heavy atom. The zero-order valence-corrected chi connectivity index (χ0v) is 13.2. The first-order valence-corrected chi connectivity index (χ1v) is 7.40. The van der Waals surface area contributed by atoms with Gasteiger partial charge in [-0.3, -0.25) is 9.59 Å². The molecule has 0 fully saturated rings. The van der Waals surface area contributed by atoms with Gasteiger partial charge < -0.3 is 10.0 Å². The van der Waals surface area contributed by atoms with Crippen molar-refractivity contribution in [2.24, 2.45) is 11.8 Å². The van der Waals surface area contributed by atoms with Crippen molar-refractivity contribution in [3.05, 3.63) is 35.9 Å². The predicted octanol–water partition coefficient (Wildman–Crippen LogP) is 3.34. The normalized spacial score (nSPS) is 13.8. The number of carbonyl (C=O) groups excluding carboxylic acids is 1. The molecule has 4 nitrogen and oxygen atoms in total. The summed E-state index contributed by atoms with van der Waals surface area (Å²) in [6.07, 6.45) is 0.434. The summed E-state index contributed by atoms with van der Waals surface area (Å²) in [6.45, 7) is 7.79. The zero-order chi connectivity index (χ0) is 16.0. The molecule has 0 aliphatic carbocycles. The maximum atomic E-state index is 12.5. The van der Waals surface area contributed by atoms with Crippen LogP contribution in [0.2, 0.25) is 0 Å². The highest BCUT2D eigenvalue weighted by Crippen LogP contribution is 2.23. The van der Waals surface area contributed by atoms with Gasteiger partial charge in [0.25, 0.3) is 0 Å². The molecule has 1 amide bonds. The number of rotatable bonds is 7. The summed E-state index contributed by atoms with van der Waals surface area (Å²) in [5.74, 6) is -1.19. The van der Waals surface area contributed by atoms with E-state index >= 15 is 0 Å². The Balaban J connectivity index is 2.95. The number of amides is 1. The second kappa shape index (κ2) is 7.81. The van der Waals surface area contributed by atoms with Gasteiger partial charge >= 0.3 is 5.97 Å². The van der Waals surface area contributed by atoms with Crippen LogP contribution in [0.25, 0.3) is 0 Å². The number of hydrogen-bond acceptors (Lipinski definition) is 2. The molecule has 0 radical (unpaired) electrons. The average molecular weight is 291 g/mol. The molecule has 0 aromatic heterocycles. The minimum atomic E-state index is -0.877. The number of carboxylic acid groups (broad SMARTS) is 1. The highest BCUT2D eigenvalue weighted by atomic mass is 16.4. The van der Waals surface area contributed by atoms with Crippen molar-refractivity contribution in [1.29, 1.82) is 0 Å². The van der Waals surface area contributed by atoms with Gasteiger partial charge in [0.1, 0.15) is 0 Å². The lowest BCUT2D eigenvalue weighted by atomic mass is 10.0. The van der Waals surface area contributed by atoms with E-state index in [2.05, 4.69) is 0 Å². The average Bonchev–Trinajstić information content (AvgIpc) is 2.43. The summed E-state index contributed by atoms with van der Waals surface area (Å²) >= 11 is 0. The Morgan fingerprint density at radius 3 is 2.14 bits per heavy atom. The largest absolute Gasteiger partial charge is 0.481 e. The molecule has 1 aromatic rings. The van der Waals surface area contributed by atoms with Crippen molar-refractivity contribution in [2.75, 3.05) is 6.54 Å². The van der Waals surface area contributed by atoms with Crippen molar-refractivity contribution in [1.82, 2.24) is 4.90 Å². The molecule has 0 spiro atoms. The summed E-state index contributed by atoms with van der Waals surface area (Å²) < 4.78 is 0. The van der Waals surface area contributed by atoms with E-state index in [1.54, 1.807) is 11.8 Å². The van der Waals surface area contributed by atoms with Crippen LogP contribution in [0, 0.1) is 11.8 Å². The molecule has 1 N–H and O–H groups in total. The maximum absolute atomic E-state index is 12.5. The first-order chi connectivity index (χ1) is 9.82. The molecule has 0 saturated heterocycles. The number of carbonyl (C=O) groups is 2.